The Balaban J connectivity index is 1.27. The number of hydrogen-bond donors (Lipinski definition) is 0. The van der Waals surface area contributed by atoms with E-state index >= 15 is 0 Å². The van der Waals surface area contributed by atoms with Gasteiger partial charge in [-0.25, -0.2) is 4.39 Å². The molecule has 166 valence electrons. The van der Waals surface area contributed by atoms with Crippen molar-refractivity contribution in [3.05, 3.63) is 99.3 Å². The van der Waals surface area contributed by atoms with Crippen LogP contribution in [0.15, 0.2) is 66.7 Å². The molecule has 0 bridgehead atoms. The average molecular weight is 473 g/mol. The van der Waals surface area contributed by atoms with Crippen LogP contribution in [0.25, 0.3) is 0 Å². The highest BCUT2D eigenvalue weighted by atomic mass is 35.5. The molecule has 1 saturated heterocycles. The van der Waals surface area contributed by atoms with Crippen LogP contribution in [-0.4, -0.2) is 41.9 Å². The monoisotopic (exact) mass is 472 g/mol. The van der Waals surface area contributed by atoms with Gasteiger partial charge in [0, 0.05) is 43.3 Å². The van der Waals surface area contributed by atoms with Gasteiger partial charge in [0.05, 0.1) is 5.02 Å². The highest BCUT2D eigenvalue weighted by Gasteiger charge is 2.22. The number of ether oxygens (including phenoxy) is 1. The number of hydrogen-bond acceptors (Lipinski definition) is 3. The molecule has 0 atom stereocenters. The van der Waals surface area contributed by atoms with Crippen LogP contribution in [0.4, 0.5) is 4.39 Å². The molecule has 4 nitrogen and oxygen atoms in total. The van der Waals surface area contributed by atoms with E-state index in [9.17, 15) is 9.18 Å². The van der Waals surface area contributed by atoms with Crippen LogP contribution >= 0.6 is 23.2 Å². The Morgan fingerprint density at radius 2 is 1.53 bits per heavy atom. The summed E-state index contributed by atoms with van der Waals surface area (Å²) in [6.45, 7) is 4.01. The van der Waals surface area contributed by atoms with E-state index < -0.39 is 0 Å². The van der Waals surface area contributed by atoms with Gasteiger partial charge in [-0.3, -0.25) is 9.69 Å². The smallest absolute Gasteiger partial charge is 0.253 e. The van der Waals surface area contributed by atoms with E-state index in [-0.39, 0.29) is 11.7 Å². The van der Waals surface area contributed by atoms with Crippen molar-refractivity contribution in [2.75, 3.05) is 26.2 Å². The van der Waals surface area contributed by atoms with E-state index in [0.29, 0.717) is 41.1 Å². The lowest BCUT2D eigenvalue weighted by molar-refractivity contribution is 0.0628. The van der Waals surface area contributed by atoms with Gasteiger partial charge in [-0.2, -0.15) is 0 Å². The number of benzene rings is 3. The van der Waals surface area contributed by atoms with Gasteiger partial charge in [-0.05, 0) is 53.6 Å². The Labute approximate surface area is 197 Å². The van der Waals surface area contributed by atoms with Gasteiger partial charge in [-0.1, -0.05) is 47.5 Å². The summed E-state index contributed by atoms with van der Waals surface area (Å²) >= 11 is 12.0. The second-order valence-corrected chi connectivity index (χ2v) is 8.60. The van der Waals surface area contributed by atoms with Crippen molar-refractivity contribution in [2.24, 2.45) is 0 Å². The van der Waals surface area contributed by atoms with Crippen LogP contribution in [0, 0.1) is 5.82 Å². The molecule has 3 aromatic carbocycles. The summed E-state index contributed by atoms with van der Waals surface area (Å²) in [5.74, 6) is 0.366. The summed E-state index contributed by atoms with van der Waals surface area (Å²) in [7, 11) is 0. The third-order valence-corrected chi connectivity index (χ3v) is 6.00. The number of halogens is 3. The van der Waals surface area contributed by atoms with Crippen LogP contribution in [0.2, 0.25) is 10.0 Å². The summed E-state index contributed by atoms with van der Waals surface area (Å²) < 4.78 is 18.8. The van der Waals surface area contributed by atoms with Crippen molar-refractivity contribution in [2.45, 2.75) is 13.2 Å². The first-order valence-electron chi connectivity index (χ1n) is 10.4. The molecule has 0 spiro atoms. The molecule has 0 aromatic heterocycles. The number of piperazine rings is 1. The molecule has 1 aliphatic rings. The number of nitrogens with zero attached hydrogens (tertiary/aromatic N) is 2. The lowest BCUT2D eigenvalue weighted by atomic mass is 10.1. The van der Waals surface area contributed by atoms with Crippen molar-refractivity contribution < 1.29 is 13.9 Å². The maximum absolute atomic E-state index is 13.1. The van der Waals surface area contributed by atoms with Gasteiger partial charge in [0.2, 0.25) is 0 Å². The molecule has 0 saturated carbocycles. The van der Waals surface area contributed by atoms with E-state index in [1.165, 1.54) is 12.1 Å². The highest BCUT2D eigenvalue weighted by Crippen LogP contribution is 2.28. The van der Waals surface area contributed by atoms with Gasteiger partial charge < -0.3 is 9.64 Å². The van der Waals surface area contributed by atoms with Crippen molar-refractivity contribution in [1.29, 1.82) is 0 Å². The lowest BCUT2D eigenvalue weighted by Crippen LogP contribution is -2.48. The molecule has 0 unspecified atom stereocenters. The summed E-state index contributed by atoms with van der Waals surface area (Å²) in [5, 5.41) is 1.02. The predicted molar refractivity (Wildman–Crippen MR) is 125 cm³/mol. The van der Waals surface area contributed by atoms with E-state index in [2.05, 4.69) is 4.90 Å². The fourth-order valence-corrected chi connectivity index (χ4v) is 4.10. The fraction of sp³-hybridized carbons (Fsp3) is 0.240. The van der Waals surface area contributed by atoms with Crippen LogP contribution in [0.1, 0.15) is 21.5 Å². The molecule has 1 fully saturated rings. The van der Waals surface area contributed by atoms with Crippen molar-refractivity contribution >= 4 is 29.1 Å². The van der Waals surface area contributed by atoms with E-state index in [1.54, 1.807) is 30.3 Å². The summed E-state index contributed by atoms with van der Waals surface area (Å²) in [6, 6.07) is 19.1. The maximum Gasteiger partial charge on any atom is 0.253 e. The van der Waals surface area contributed by atoms with Crippen LogP contribution in [0.3, 0.4) is 0 Å². The molecule has 0 aliphatic carbocycles. The SMILES string of the molecule is O=C(c1ccc(COc2ccc(Cl)cc2Cl)cc1)N1CCN(Cc2ccc(F)cc2)CC1. The summed E-state index contributed by atoms with van der Waals surface area (Å²) in [6.07, 6.45) is 0. The third kappa shape index (κ3) is 5.80. The minimum absolute atomic E-state index is 0.0275. The second kappa shape index (κ2) is 10.3. The zero-order valence-electron chi connectivity index (χ0n) is 17.4. The van der Waals surface area contributed by atoms with Gasteiger partial charge in [-0.15, -0.1) is 0 Å². The van der Waals surface area contributed by atoms with Crippen molar-refractivity contribution in [3.8, 4) is 5.75 Å². The molecule has 4 rings (SSSR count). The van der Waals surface area contributed by atoms with E-state index in [4.69, 9.17) is 27.9 Å². The molecule has 0 radical (unpaired) electrons. The van der Waals surface area contributed by atoms with E-state index in [0.717, 1.165) is 30.8 Å². The third-order valence-electron chi connectivity index (χ3n) is 5.47. The van der Waals surface area contributed by atoms with Gasteiger partial charge in [0.15, 0.2) is 0 Å². The topological polar surface area (TPSA) is 32.8 Å². The number of rotatable bonds is 6. The Hall–Kier alpha value is -2.60. The minimum atomic E-state index is -0.226. The molecule has 7 heteroatoms. The Bertz CT molecular complexity index is 1070. The standard InChI is InChI=1S/C25H23Cl2FN2O2/c26-21-7-10-24(23(27)15-21)32-17-19-1-5-20(6-2-19)25(31)30-13-11-29(12-14-30)16-18-3-8-22(28)9-4-18/h1-10,15H,11-14,16-17H2. The quantitative estimate of drug-likeness (QED) is 0.463. The zero-order chi connectivity index (χ0) is 22.5. The van der Waals surface area contributed by atoms with Gasteiger partial charge in [0.1, 0.15) is 18.2 Å². The minimum Gasteiger partial charge on any atom is -0.487 e. The summed E-state index contributed by atoms with van der Waals surface area (Å²) in [5.41, 5.74) is 2.67. The van der Waals surface area contributed by atoms with Gasteiger partial charge in [0.25, 0.3) is 5.91 Å². The van der Waals surface area contributed by atoms with Crippen LogP contribution in [-0.2, 0) is 13.2 Å². The molecular weight excluding hydrogens is 450 g/mol. The van der Waals surface area contributed by atoms with Crippen molar-refractivity contribution in [1.82, 2.24) is 9.80 Å². The average Bonchev–Trinajstić information content (AvgIpc) is 2.80. The van der Waals surface area contributed by atoms with Crippen molar-refractivity contribution in [3.63, 3.8) is 0 Å². The molecule has 32 heavy (non-hydrogen) atoms. The summed E-state index contributed by atoms with van der Waals surface area (Å²) in [4.78, 5) is 17.0. The predicted octanol–water partition coefficient (Wildman–Crippen LogP) is 5.67. The fourth-order valence-electron chi connectivity index (χ4n) is 3.64. The molecule has 1 aliphatic heterocycles. The maximum atomic E-state index is 13.1. The number of carbonyl (C=O) groups is 1. The van der Waals surface area contributed by atoms with Crippen LogP contribution < -0.4 is 4.74 Å². The lowest BCUT2D eigenvalue weighted by Gasteiger charge is -2.34. The Kier molecular flexibility index (Phi) is 7.30. The Morgan fingerprint density at radius 3 is 2.19 bits per heavy atom. The van der Waals surface area contributed by atoms with E-state index in [1.807, 2.05) is 29.2 Å². The highest BCUT2D eigenvalue weighted by molar-refractivity contribution is 6.35. The first-order valence-corrected chi connectivity index (χ1v) is 11.2. The number of carbonyl (C=O) groups excluding carboxylic acids is 1. The molecule has 1 heterocycles. The molecule has 1 amide bonds. The normalized spacial score (nSPS) is 14.4. The Morgan fingerprint density at radius 1 is 0.875 bits per heavy atom. The zero-order valence-corrected chi connectivity index (χ0v) is 19.0. The first kappa shape index (κ1) is 22.6. The molecule has 3 aromatic rings. The largest absolute Gasteiger partial charge is 0.487 e. The second-order valence-electron chi connectivity index (χ2n) is 7.76. The molecule has 0 N–H and O–H groups in total. The number of amides is 1. The van der Waals surface area contributed by atoms with Crippen LogP contribution in [0.5, 0.6) is 5.75 Å². The van der Waals surface area contributed by atoms with Gasteiger partial charge >= 0.3 is 0 Å². The first-order chi connectivity index (χ1) is 15.5. The molecular formula is C25H23Cl2FN2O2.